The first-order chi connectivity index (χ1) is 10.6. The van der Waals surface area contributed by atoms with E-state index in [1.165, 1.54) is 0 Å². The fourth-order valence-corrected chi connectivity index (χ4v) is 2.76. The molecule has 3 rings (SSSR count). The summed E-state index contributed by atoms with van der Waals surface area (Å²) in [5, 5.41) is 10.3. The second kappa shape index (κ2) is 6.07. The van der Waals surface area contributed by atoms with E-state index in [-0.39, 0.29) is 12.0 Å². The van der Waals surface area contributed by atoms with Crippen LogP contribution in [0.4, 0.5) is 4.79 Å². The third kappa shape index (κ3) is 2.89. The van der Waals surface area contributed by atoms with Gasteiger partial charge in [0.1, 0.15) is 11.5 Å². The van der Waals surface area contributed by atoms with Crippen molar-refractivity contribution in [2.75, 3.05) is 0 Å². The number of ether oxygens (including phenoxy) is 1. The van der Waals surface area contributed by atoms with Crippen LogP contribution in [0.5, 0.6) is 11.5 Å². The number of rotatable bonds is 4. The molecule has 0 spiro atoms. The Labute approximate surface area is 128 Å². The molecule has 0 aromatic heterocycles. The Bertz CT molecular complexity index is 660. The van der Waals surface area contributed by atoms with Crippen LogP contribution in [-0.2, 0) is 0 Å². The van der Waals surface area contributed by atoms with Crippen molar-refractivity contribution >= 4 is 6.03 Å². The number of carbonyl (C=O) groups excluding carboxylic acids is 1. The Morgan fingerprint density at radius 1 is 1.09 bits per heavy atom. The maximum absolute atomic E-state index is 11.1. The van der Waals surface area contributed by atoms with Gasteiger partial charge in [-0.05, 0) is 42.7 Å². The number of para-hydroxylation sites is 1. The molecule has 0 heterocycles. The van der Waals surface area contributed by atoms with Gasteiger partial charge < -0.3 is 10.5 Å². The third-order valence-electron chi connectivity index (χ3n) is 4.04. The highest BCUT2D eigenvalue weighted by molar-refractivity contribution is 5.71. The molecule has 5 heteroatoms. The number of hydrogen-bond acceptors (Lipinski definition) is 3. The summed E-state index contributed by atoms with van der Waals surface area (Å²) < 4.78 is 5.81. The Balaban J connectivity index is 1.75. The lowest BCUT2D eigenvalue weighted by Gasteiger charge is -2.40. The van der Waals surface area contributed by atoms with E-state index in [4.69, 9.17) is 10.5 Å². The van der Waals surface area contributed by atoms with Crippen LogP contribution >= 0.6 is 0 Å². The van der Waals surface area contributed by atoms with Crippen LogP contribution in [0.2, 0.25) is 0 Å². The quantitative estimate of drug-likeness (QED) is 0.670. The summed E-state index contributed by atoms with van der Waals surface area (Å²) in [6, 6.07) is 16.2. The van der Waals surface area contributed by atoms with Gasteiger partial charge in [0.25, 0.3) is 0 Å². The first kappa shape index (κ1) is 14.4. The van der Waals surface area contributed by atoms with Crippen molar-refractivity contribution in [3.63, 3.8) is 0 Å². The molecule has 1 saturated carbocycles. The van der Waals surface area contributed by atoms with Crippen molar-refractivity contribution in [1.82, 2.24) is 5.06 Å². The molecule has 0 unspecified atom stereocenters. The predicted molar refractivity (Wildman–Crippen MR) is 81.9 cm³/mol. The number of benzene rings is 2. The Kier molecular flexibility index (Phi) is 3.98. The summed E-state index contributed by atoms with van der Waals surface area (Å²) >= 11 is 0. The Morgan fingerprint density at radius 2 is 1.82 bits per heavy atom. The molecular formula is C17H18N2O3. The number of amides is 2. The minimum absolute atomic E-state index is 0.0804. The van der Waals surface area contributed by atoms with Gasteiger partial charge in [-0.2, -0.15) is 0 Å². The monoisotopic (exact) mass is 298 g/mol. The zero-order valence-electron chi connectivity index (χ0n) is 12.1. The van der Waals surface area contributed by atoms with E-state index >= 15 is 0 Å². The molecule has 3 N–H and O–H groups in total. The van der Waals surface area contributed by atoms with Gasteiger partial charge in [0.2, 0.25) is 0 Å². The van der Waals surface area contributed by atoms with E-state index in [0.717, 1.165) is 29.9 Å². The maximum Gasteiger partial charge on any atom is 0.338 e. The lowest BCUT2D eigenvalue weighted by molar-refractivity contribution is -0.105. The molecule has 2 atom stereocenters. The van der Waals surface area contributed by atoms with Crippen LogP contribution < -0.4 is 10.5 Å². The summed E-state index contributed by atoms with van der Waals surface area (Å²) in [4.78, 5) is 11.1. The van der Waals surface area contributed by atoms with Crippen molar-refractivity contribution in [3.8, 4) is 11.5 Å². The molecule has 0 saturated heterocycles. The molecule has 0 aliphatic heterocycles. The maximum atomic E-state index is 11.1. The van der Waals surface area contributed by atoms with E-state index in [1.54, 1.807) is 0 Å². The van der Waals surface area contributed by atoms with Gasteiger partial charge in [0, 0.05) is 5.92 Å². The van der Waals surface area contributed by atoms with E-state index in [0.29, 0.717) is 5.06 Å². The predicted octanol–water partition coefficient (Wildman–Crippen LogP) is 3.49. The van der Waals surface area contributed by atoms with Crippen LogP contribution in [-0.4, -0.2) is 22.3 Å². The number of nitrogens with zero attached hydrogens (tertiary/aromatic N) is 1. The second-order valence-electron chi connectivity index (χ2n) is 5.42. The van der Waals surface area contributed by atoms with Crippen LogP contribution in [0.3, 0.4) is 0 Å². The van der Waals surface area contributed by atoms with Gasteiger partial charge in [0.05, 0.1) is 6.04 Å². The molecule has 2 amide bonds. The molecule has 1 aliphatic carbocycles. The third-order valence-corrected chi connectivity index (χ3v) is 4.04. The van der Waals surface area contributed by atoms with Crippen LogP contribution in [0.25, 0.3) is 0 Å². The Morgan fingerprint density at radius 3 is 2.45 bits per heavy atom. The number of primary amides is 1. The highest BCUT2D eigenvalue weighted by atomic mass is 16.5. The number of urea groups is 1. The molecule has 2 aromatic rings. The fraction of sp³-hybridized carbons (Fsp3) is 0.235. The van der Waals surface area contributed by atoms with Crippen molar-refractivity contribution in [2.45, 2.75) is 24.8 Å². The first-order valence-electron chi connectivity index (χ1n) is 7.25. The fourth-order valence-electron chi connectivity index (χ4n) is 2.76. The lowest BCUT2D eigenvalue weighted by Crippen LogP contribution is -2.49. The molecule has 0 radical (unpaired) electrons. The molecule has 1 aliphatic rings. The van der Waals surface area contributed by atoms with Gasteiger partial charge in [-0.1, -0.05) is 30.3 Å². The molecule has 0 bridgehead atoms. The topological polar surface area (TPSA) is 75.8 Å². The lowest BCUT2D eigenvalue weighted by atomic mass is 9.75. The van der Waals surface area contributed by atoms with Gasteiger partial charge in [0.15, 0.2) is 0 Å². The van der Waals surface area contributed by atoms with Gasteiger partial charge in [-0.25, -0.2) is 9.86 Å². The molecule has 22 heavy (non-hydrogen) atoms. The Hall–Kier alpha value is -2.53. The summed E-state index contributed by atoms with van der Waals surface area (Å²) in [6.45, 7) is 0. The van der Waals surface area contributed by atoms with Crippen molar-refractivity contribution in [3.05, 3.63) is 60.2 Å². The average Bonchev–Trinajstić information content (AvgIpc) is 2.47. The van der Waals surface area contributed by atoms with Crippen molar-refractivity contribution < 1.29 is 14.7 Å². The molecule has 114 valence electrons. The molecule has 5 nitrogen and oxygen atoms in total. The summed E-state index contributed by atoms with van der Waals surface area (Å²) in [5.74, 6) is 1.58. The van der Waals surface area contributed by atoms with E-state index < -0.39 is 6.03 Å². The minimum atomic E-state index is -0.814. The van der Waals surface area contributed by atoms with E-state index in [1.807, 2.05) is 54.6 Å². The summed E-state index contributed by atoms with van der Waals surface area (Å²) in [7, 11) is 0. The number of carbonyl (C=O) groups is 1. The normalized spacial score (nSPS) is 20.0. The van der Waals surface area contributed by atoms with Crippen LogP contribution in [0.15, 0.2) is 54.6 Å². The number of nitrogens with two attached hydrogens (primary N) is 1. The van der Waals surface area contributed by atoms with Crippen molar-refractivity contribution in [1.29, 1.82) is 0 Å². The smallest absolute Gasteiger partial charge is 0.338 e. The highest BCUT2D eigenvalue weighted by Crippen LogP contribution is 2.41. The molecule has 2 aromatic carbocycles. The largest absolute Gasteiger partial charge is 0.457 e. The first-order valence-corrected chi connectivity index (χ1v) is 7.25. The standard InChI is InChI=1S/C17H18N2O3/c18-17(20)19(21)16-10-9-15(16)12-5-4-8-14(11-12)22-13-6-2-1-3-7-13/h1-8,11,15-16,21H,9-10H2,(H2,18,20)/t15-,16-/m1/s1. The SMILES string of the molecule is NC(=O)N(O)[C@@H]1CC[C@@H]1c1cccc(Oc2ccccc2)c1. The molecular weight excluding hydrogens is 280 g/mol. The summed E-state index contributed by atoms with van der Waals surface area (Å²) in [6.07, 6.45) is 1.65. The van der Waals surface area contributed by atoms with Gasteiger partial charge >= 0.3 is 6.03 Å². The highest BCUT2D eigenvalue weighted by Gasteiger charge is 2.38. The van der Waals surface area contributed by atoms with E-state index in [2.05, 4.69) is 0 Å². The van der Waals surface area contributed by atoms with Crippen LogP contribution in [0, 0.1) is 0 Å². The zero-order chi connectivity index (χ0) is 15.5. The van der Waals surface area contributed by atoms with Crippen molar-refractivity contribution in [2.24, 2.45) is 5.73 Å². The minimum Gasteiger partial charge on any atom is -0.457 e. The summed E-state index contributed by atoms with van der Waals surface area (Å²) in [5.41, 5.74) is 6.16. The average molecular weight is 298 g/mol. The number of hydrogen-bond donors (Lipinski definition) is 2. The number of hydroxylamine groups is 2. The molecule has 1 fully saturated rings. The van der Waals surface area contributed by atoms with E-state index in [9.17, 15) is 10.0 Å². The zero-order valence-corrected chi connectivity index (χ0v) is 12.1. The van der Waals surface area contributed by atoms with Gasteiger partial charge in [-0.3, -0.25) is 5.21 Å². The van der Waals surface area contributed by atoms with Gasteiger partial charge in [-0.15, -0.1) is 0 Å². The van der Waals surface area contributed by atoms with Crippen LogP contribution in [0.1, 0.15) is 24.3 Å². The second-order valence-corrected chi connectivity index (χ2v) is 5.42.